The Morgan fingerprint density at radius 3 is 2.64 bits per heavy atom. The molecule has 0 spiro atoms. The van der Waals surface area contributed by atoms with Gasteiger partial charge in [-0.3, -0.25) is 4.79 Å². The minimum atomic E-state index is -0.0493. The molecule has 82 valence electrons. The first kappa shape index (κ1) is 11.5. The highest BCUT2D eigenvalue weighted by Crippen LogP contribution is 2.32. The summed E-state index contributed by atoms with van der Waals surface area (Å²) in [7, 11) is 0. The van der Waals surface area contributed by atoms with E-state index in [1.807, 2.05) is 13.8 Å². The van der Waals surface area contributed by atoms with Crippen LogP contribution in [0, 0.1) is 5.92 Å². The molecule has 1 aliphatic rings. The average Bonchev–Trinajstić information content (AvgIpc) is 2.11. The van der Waals surface area contributed by atoms with Crippen LogP contribution in [0.4, 0.5) is 0 Å². The first-order valence-electron chi connectivity index (χ1n) is 5.53. The third-order valence-corrected chi connectivity index (χ3v) is 2.52. The lowest BCUT2D eigenvalue weighted by atomic mass is 9.80. The lowest BCUT2D eigenvalue weighted by Crippen LogP contribution is -2.33. The van der Waals surface area contributed by atoms with Gasteiger partial charge in [0.05, 0.1) is 12.7 Å². The fourth-order valence-corrected chi connectivity index (χ4v) is 1.72. The van der Waals surface area contributed by atoms with Crippen molar-refractivity contribution in [2.75, 3.05) is 13.2 Å². The molecule has 0 aliphatic heterocycles. The van der Waals surface area contributed by atoms with Gasteiger partial charge in [0.2, 0.25) is 0 Å². The second-order valence-electron chi connectivity index (χ2n) is 3.84. The Balaban J connectivity index is 2.01. The number of rotatable bonds is 6. The molecule has 0 heterocycles. The van der Waals surface area contributed by atoms with E-state index < -0.39 is 0 Å². The molecule has 0 N–H and O–H groups in total. The number of carbonyl (C=O) groups is 1. The number of hydrogen-bond donors (Lipinski definition) is 0. The van der Waals surface area contributed by atoms with E-state index in [-0.39, 0.29) is 5.97 Å². The van der Waals surface area contributed by atoms with Crippen molar-refractivity contribution in [3.05, 3.63) is 0 Å². The van der Waals surface area contributed by atoms with E-state index in [9.17, 15) is 4.79 Å². The van der Waals surface area contributed by atoms with Crippen molar-refractivity contribution in [2.45, 2.75) is 45.6 Å². The smallest absolute Gasteiger partial charge is 0.306 e. The zero-order valence-corrected chi connectivity index (χ0v) is 9.12. The summed E-state index contributed by atoms with van der Waals surface area (Å²) in [6, 6.07) is 0. The molecule has 3 nitrogen and oxygen atoms in total. The van der Waals surface area contributed by atoms with Crippen molar-refractivity contribution in [3.63, 3.8) is 0 Å². The zero-order valence-electron chi connectivity index (χ0n) is 9.12. The number of carbonyl (C=O) groups excluding carboxylic acids is 1. The van der Waals surface area contributed by atoms with Gasteiger partial charge in [-0.05, 0) is 32.1 Å². The van der Waals surface area contributed by atoms with Gasteiger partial charge in [-0.2, -0.15) is 0 Å². The third-order valence-electron chi connectivity index (χ3n) is 2.52. The highest BCUT2D eigenvalue weighted by atomic mass is 16.5. The van der Waals surface area contributed by atoms with Gasteiger partial charge in [0.25, 0.3) is 0 Å². The minimum Gasteiger partial charge on any atom is -0.466 e. The average molecular weight is 200 g/mol. The molecule has 0 atom stereocenters. The van der Waals surface area contributed by atoms with Crippen LogP contribution in [0.5, 0.6) is 0 Å². The fourth-order valence-electron chi connectivity index (χ4n) is 1.72. The largest absolute Gasteiger partial charge is 0.466 e. The molecule has 0 aromatic carbocycles. The standard InChI is InChI=1S/C11H20O3/c1-3-5-14-11(12)8-9-6-10(7-9)13-4-2/h9-10H,3-8H2,1-2H3. The molecule has 0 saturated heterocycles. The molecule has 1 saturated carbocycles. The van der Waals surface area contributed by atoms with Crippen LogP contribution < -0.4 is 0 Å². The van der Waals surface area contributed by atoms with Crippen LogP contribution in [0.3, 0.4) is 0 Å². The Morgan fingerprint density at radius 2 is 2.07 bits per heavy atom. The Bertz CT molecular complexity index is 173. The summed E-state index contributed by atoms with van der Waals surface area (Å²) < 4.78 is 10.4. The van der Waals surface area contributed by atoms with Gasteiger partial charge in [0, 0.05) is 13.0 Å². The summed E-state index contributed by atoms with van der Waals surface area (Å²) in [4.78, 5) is 11.2. The summed E-state index contributed by atoms with van der Waals surface area (Å²) in [6.45, 7) is 5.34. The molecule has 0 aromatic heterocycles. The molecule has 3 heteroatoms. The molecule has 0 bridgehead atoms. The van der Waals surface area contributed by atoms with Crippen molar-refractivity contribution in [3.8, 4) is 0 Å². The van der Waals surface area contributed by atoms with Gasteiger partial charge in [-0.15, -0.1) is 0 Å². The molecule has 1 fully saturated rings. The van der Waals surface area contributed by atoms with E-state index in [2.05, 4.69) is 0 Å². The van der Waals surface area contributed by atoms with Crippen molar-refractivity contribution >= 4 is 5.97 Å². The van der Waals surface area contributed by atoms with Gasteiger partial charge in [-0.25, -0.2) is 0 Å². The summed E-state index contributed by atoms with van der Waals surface area (Å²) in [5.41, 5.74) is 0. The molecular weight excluding hydrogens is 180 g/mol. The van der Waals surface area contributed by atoms with E-state index >= 15 is 0 Å². The molecule has 0 aromatic rings. The van der Waals surface area contributed by atoms with E-state index in [1.54, 1.807) is 0 Å². The first-order valence-corrected chi connectivity index (χ1v) is 5.53. The van der Waals surface area contributed by atoms with Gasteiger partial charge in [0.15, 0.2) is 0 Å². The predicted octanol–water partition coefficient (Wildman–Crippen LogP) is 2.14. The Kier molecular flexibility index (Phi) is 4.94. The summed E-state index contributed by atoms with van der Waals surface area (Å²) in [5, 5.41) is 0. The maximum Gasteiger partial charge on any atom is 0.306 e. The highest BCUT2D eigenvalue weighted by molar-refractivity contribution is 5.69. The predicted molar refractivity (Wildman–Crippen MR) is 54.0 cm³/mol. The maximum atomic E-state index is 11.2. The maximum absolute atomic E-state index is 11.2. The topological polar surface area (TPSA) is 35.5 Å². The third kappa shape index (κ3) is 3.66. The van der Waals surface area contributed by atoms with E-state index in [4.69, 9.17) is 9.47 Å². The molecule has 1 rings (SSSR count). The fraction of sp³-hybridized carbons (Fsp3) is 0.909. The van der Waals surface area contributed by atoms with Gasteiger partial charge < -0.3 is 9.47 Å². The summed E-state index contributed by atoms with van der Waals surface area (Å²) in [5.74, 6) is 0.447. The molecule has 14 heavy (non-hydrogen) atoms. The Labute approximate surface area is 85.8 Å². The van der Waals surface area contributed by atoms with Crippen LogP contribution in [0.2, 0.25) is 0 Å². The van der Waals surface area contributed by atoms with Crippen LogP contribution >= 0.6 is 0 Å². The molecule has 0 unspecified atom stereocenters. The van der Waals surface area contributed by atoms with Crippen molar-refractivity contribution in [1.82, 2.24) is 0 Å². The van der Waals surface area contributed by atoms with Gasteiger partial charge in [0.1, 0.15) is 0 Å². The van der Waals surface area contributed by atoms with E-state index in [0.717, 1.165) is 25.9 Å². The molecule has 1 aliphatic carbocycles. The number of hydrogen-bond acceptors (Lipinski definition) is 3. The Morgan fingerprint density at radius 1 is 1.36 bits per heavy atom. The van der Waals surface area contributed by atoms with Gasteiger partial charge in [-0.1, -0.05) is 6.92 Å². The highest BCUT2D eigenvalue weighted by Gasteiger charge is 2.31. The summed E-state index contributed by atoms with van der Waals surface area (Å²) in [6.07, 6.45) is 3.91. The first-order chi connectivity index (χ1) is 6.76. The van der Waals surface area contributed by atoms with Crippen molar-refractivity contribution in [1.29, 1.82) is 0 Å². The van der Waals surface area contributed by atoms with Crippen LogP contribution in [0.25, 0.3) is 0 Å². The SMILES string of the molecule is CCCOC(=O)CC1CC(OCC)C1. The lowest BCUT2D eigenvalue weighted by molar-refractivity contribution is -0.147. The lowest BCUT2D eigenvalue weighted by Gasteiger charge is -2.34. The van der Waals surface area contributed by atoms with Crippen LogP contribution in [0.1, 0.15) is 39.5 Å². The van der Waals surface area contributed by atoms with Crippen LogP contribution in [0.15, 0.2) is 0 Å². The normalized spacial score (nSPS) is 25.6. The van der Waals surface area contributed by atoms with E-state index in [0.29, 0.717) is 25.0 Å². The molecule has 0 amide bonds. The summed E-state index contributed by atoms with van der Waals surface area (Å²) >= 11 is 0. The van der Waals surface area contributed by atoms with Gasteiger partial charge >= 0.3 is 5.97 Å². The second kappa shape index (κ2) is 6.02. The Hall–Kier alpha value is -0.570. The second-order valence-corrected chi connectivity index (χ2v) is 3.84. The van der Waals surface area contributed by atoms with Crippen LogP contribution in [-0.4, -0.2) is 25.3 Å². The zero-order chi connectivity index (χ0) is 10.4. The molecular formula is C11H20O3. The quantitative estimate of drug-likeness (QED) is 0.616. The number of esters is 1. The number of ether oxygens (including phenoxy) is 2. The van der Waals surface area contributed by atoms with E-state index in [1.165, 1.54) is 0 Å². The monoisotopic (exact) mass is 200 g/mol. The molecule has 0 radical (unpaired) electrons. The minimum absolute atomic E-state index is 0.0493. The van der Waals surface area contributed by atoms with Crippen LogP contribution in [-0.2, 0) is 14.3 Å². The van der Waals surface area contributed by atoms with Crippen molar-refractivity contribution < 1.29 is 14.3 Å². The van der Waals surface area contributed by atoms with Crippen molar-refractivity contribution in [2.24, 2.45) is 5.92 Å².